The Balaban J connectivity index is 0.000000466. The maximum absolute atomic E-state index is 13.9. The summed E-state index contributed by atoms with van der Waals surface area (Å²) in [5, 5.41) is 71.7. The molecule has 2 aliphatic heterocycles. The Morgan fingerprint density at radius 1 is 0.607 bits per heavy atom. The number of rotatable bonds is 32. The standard InChI is InChI=1S/C47H64N4O10.C15H14N2O6/c1-34(49-31-38(53)33-61-40-23-13-8-14-24-40)20-10-9-19-29-59-47(55)44-36(3)50(4)35(2)43(45(44)41-25-15-16-26-42(41)51(56)57)46(54)58-28-18-6-5-17-27-48-30-37(52)32-60-39-21-11-7-12-22-39;1-7-11(14(18)19)13(12(15(20)21)8(2)16-7)9-3-5-10(6-4-9)17(22)23/h7-8,11-16,21-26,34,37-38,45,48-49,52-53H,5-6,9-10,17-20,27-33H2,1-4H3;3-6,13,16H,1-2H3,(H,18,19)(H,20,21). The molecule has 4 aromatic carbocycles. The number of nitro benzene ring substituents is 2. The molecular formula is C62H78N6O16. The van der Waals surface area contributed by atoms with Crippen LogP contribution in [-0.2, 0) is 28.7 Å². The highest BCUT2D eigenvalue weighted by Crippen LogP contribution is 2.45. The van der Waals surface area contributed by atoms with Gasteiger partial charge in [0.2, 0.25) is 0 Å². The van der Waals surface area contributed by atoms with Crippen molar-refractivity contribution in [1.82, 2.24) is 20.9 Å². The quantitative estimate of drug-likeness (QED) is 0.0104. The Morgan fingerprint density at radius 2 is 1.08 bits per heavy atom. The number of nitrogens with one attached hydrogen (secondary N) is 3. The molecule has 452 valence electrons. The van der Waals surface area contributed by atoms with Gasteiger partial charge >= 0.3 is 23.9 Å². The molecule has 2 aliphatic rings. The van der Waals surface area contributed by atoms with Crippen LogP contribution < -0.4 is 25.4 Å². The van der Waals surface area contributed by atoms with E-state index in [9.17, 15) is 59.8 Å². The normalized spacial score (nSPS) is 15.5. The largest absolute Gasteiger partial charge is 0.491 e. The van der Waals surface area contributed by atoms with Gasteiger partial charge in [-0.25, -0.2) is 19.2 Å². The first-order valence-corrected chi connectivity index (χ1v) is 28.0. The number of nitro groups is 2. The van der Waals surface area contributed by atoms with Crippen LogP contribution in [0.2, 0.25) is 0 Å². The smallest absolute Gasteiger partial charge is 0.336 e. The van der Waals surface area contributed by atoms with E-state index >= 15 is 0 Å². The lowest BCUT2D eigenvalue weighted by Crippen LogP contribution is -2.36. The molecule has 4 atom stereocenters. The number of para-hydroxylation sites is 3. The van der Waals surface area contributed by atoms with Gasteiger partial charge in [0.15, 0.2) is 0 Å². The number of esters is 2. The molecule has 6 rings (SSSR count). The van der Waals surface area contributed by atoms with Crippen molar-refractivity contribution in [2.45, 2.75) is 116 Å². The van der Waals surface area contributed by atoms with E-state index in [1.54, 1.807) is 57.8 Å². The van der Waals surface area contributed by atoms with Gasteiger partial charge in [-0.05, 0) is 96.7 Å². The van der Waals surface area contributed by atoms with Gasteiger partial charge < -0.3 is 60.2 Å². The summed E-state index contributed by atoms with van der Waals surface area (Å²) in [5.41, 5.74) is 2.07. The maximum atomic E-state index is 13.9. The summed E-state index contributed by atoms with van der Waals surface area (Å²) in [6.07, 6.45) is 5.03. The van der Waals surface area contributed by atoms with Crippen LogP contribution in [0.4, 0.5) is 11.4 Å². The molecule has 0 radical (unpaired) electrons. The number of aliphatic hydroxyl groups is 2. The van der Waals surface area contributed by atoms with Crippen molar-refractivity contribution < 1.29 is 68.4 Å². The van der Waals surface area contributed by atoms with Crippen LogP contribution in [0, 0.1) is 20.2 Å². The lowest BCUT2D eigenvalue weighted by molar-refractivity contribution is -0.385. The zero-order valence-corrected chi connectivity index (χ0v) is 48.4. The average Bonchev–Trinajstić information content (AvgIpc) is 1.75. The minimum Gasteiger partial charge on any atom is -0.491 e. The second-order valence-electron chi connectivity index (χ2n) is 20.5. The molecule has 0 amide bonds. The summed E-state index contributed by atoms with van der Waals surface area (Å²) in [6.45, 7) is 10.9. The number of carboxylic acid groups (broad SMARTS) is 2. The van der Waals surface area contributed by atoms with Crippen LogP contribution in [0.3, 0.4) is 0 Å². The predicted molar refractivity (Wildman–Crippen MR) is 314 cm³/mol. The molecule has 0 spiro atoms. The Morgan fingerprint density at radius 3 is 1.58 bits per heavy atom. The summed E-state index contributed by atoms with van der Waals surface area (Å²) in [7, 11) is 1.74. The zero-order chi connectivity index (χ0) is 61.3. The number of unbranched alkanes of at least 4 members (excludes halogenated alkanes) is 5. The monoisotopic (exact) mass is 1160 g/mol. The first-order chi connectivity index (χ1) is 40.2. The number of nitrogens with zero attached hydrogens (tertiary/aromatic N) is 3. The van der Waals surface area contributed by atoms with E-state index in [1.807, 2.05) is 60.7 Å². The Kier molecular flexibility index (Phi) is 26.6. The number of dihydropyridines is 1. The SMILES string of the molecule is CC1=C(C(=O)O)C(c2ccc([N+](=O)[O-])cc2)C(C(=O)O)=C(C)N1.CC1=C(C(=O)OCCCCCCNCC(O)COc2ccccc2)C(c2ccccc2[N+](=O)[O-])C(C(=O)OCCCCCC(C)NCC(O)COc2ccccc2)=C(C)N1C. The molecule has 2 heterocycles. The van der Waals surface area contributed by atoms with E-state index in [1.165, 1.54) is 30.3 Å². The van der Waals surface area contributed by atoms with Crippen molar-refractivity contribution in [3.8, 4) is 11.5 Å². The third-order valence-electron chi connectivity index (χ3n) is 14.4. The van der Waals surface area contributed by atoms with Gasteiger partial charge in [0, 0.05) is 72.7 Å². The van der Waals surface area contributed by atoms with Gasteiger partial charge in [0.1, 0.15) is 36.9 Å². The fraction of sp³-hybridized carbons (Fsp3) is 0.419. The first kappa shape index (κ1) is 66.4. The lowest BCUT2D eigenvalue weighted by atomic mass is 9.79. The number of hydrogen-bond acceptors (Lipinski definition) is 18. The summed E-state index contributed by atoms with van der Waals surface area (Å²) in [6, 6.07) is 30.2. The lowest BCUT2D eigenvalue weighted by Gasteiger charge is -2.35. The molecule has 0 aromatic heterocycles. The summed E-state index contributed by atoms with van der Waals surface area (Å²) >= 11 is 0. The number of aliphatic carboxylic acids is 2. The fourth-order valence-corrected chi connectivity index (χ4v) is 9.76. The van der Waals surface area contributed by atoms with Crippen LogP contribution in [0.1, 0.15) is 109 Å². The van der Waals surface area contributed by atoms with E-state index in [0.717, 1.165) is 45.1 Å². The topological polar surface area (TPSA) is 312 Å². The van der Waals surface area contributed by atoms with Gasteiger partial charge in [-0.1, -0.05) is 92.4 Å². The average molecular weight is 1160 g/mol. The summed E-state index contributed by atoms with van der Waals surface area (Å²) < 4.78 is 22.8. The second kappa shape index (κ2) is 33.6. The number of aliphatic hydroxyl groups excluding tert-OH is 2. The minimum atomic E-state index is -1.25. The second-order valence-corrected chi connectivity index (χ2v) is 20.5. The molecule has 0 saturated carbocycles. The molecule has 84 heavy (non-hydrogen) atoms. The molecule has 4 unspecified atom stereocenters. The molecule has 0 saturated heterocycles. The minimum absolute atomic E-state index is 0.0955. The number of carbonyl (C=O) groups excluding carboxylic acids is 2. The molecule has 7 N–H and O–H groups in total. The Labute approximate surface area is 489 Å². The van der Waals surface area contributed by atoms with Crippen LogP contribution in [0.25, 0.3) is 0 Å². The highest BCUT2D eigenvalue weighted by Gasteiger charge is 2.43. The van der Waals surface area contributed by atoms with Gasteiger partial charge in [0.25, 0.3) is 11.4 Å². The maximum Gasteiger partial charge on any atom is 0.336 e. The predicted octanol–water partition coefficient (Wildman–Crippen LogP) is 8.83. The molecular weight excluding hydrogens is 1080 g/mol. The number of carboxylic acids is 2. The van der Waals surface area contributed by atoms with Gasteiger partial charge in [-0.15, -0.1) is 0 Å². The first-order valence-electron chi connectivity index (χ1n) is 28.0. The molecule has 0 aliphatic carbocycles. The van der Waals surface area contributed by atoms with E-state index < -0.39 is 57.8 Å². The number of ether oxygens (including phenoxy) is 4. The van der Waals surface area contributed by atoms with Crippen LogP contribution >= 0.6 is 0 Å². The van der Waals surface area contributed by atoms with Crippen LogP contribution in [0.15, 0.2) is 154 Å². The number of non-ortho nitro benzene ring substituents is 1. The summed E-state index contributed by atoms with van der Waals surface area (Å²) in [4.78, 5) is 74.6. The molecule has 0 bridgehead atoms. The van der Waals surface area contributed by atoms with Crippen LogP contribution in [0.5, 0.6) is 11.5 Å². The highest BCUT2D eigenvalue weighted by atomic mass is 16.6. The van der Waals surface area contributed by atoms with Crippen molar-refractivity contribution >= 4 is 35.3 Å². The fourth-order valence-electron chi connectivity index (χ4n) is 9.76. The number of benzene rings is 4. The number of allylic oxidation sites excluding steroid dienone is 4. The zero-order valence-electron chi connectivity index (χ0n) is 48.4. The van der Waals surface area contributed by atoms with E-state index in [-0.39, 0.29) is 71.7 Å². The van der Waals surface area contributed by atoms with Crippen molar-refractivity contribution in [3.63, 3.8) is 0 Å². The molecule has 0 fully saturated rings. The van der Waals surface area contributed by atoms with E-state index in [2.05, 4.69) is 22.9 Å². The highest BCUT2D eigenvalue weighted by molar-refractivity contribution is 6.00. The number of hydrogen-bond donors (Lipinski definition) is 7. The van der Waals surface area contributed by atoms with Crippen molar-refractivity contribution in [2.24, 2.45) is 0 Å². The van der Waals surface area contributed by atoms with Crippen LogP contribution in [-0.4, -0.2) is 130 Å². The molecule has 22 nitrogen and oxygen atoms in total. The Bertz CT molecular complexity index is 2970. The van der Waals surface area contributed by atoms with Gasteiger partial charge in [-0.3, -0.25) is 20.2 Å². The van der Waals surface area contributed by atoms with Crippen molar-refractivity contribution in [2.75, 3.05) is 53.1 Å². The van der Waals surface area contributed by atoms with Gasteiger partial charge in [0.05, 0.1) is 57.2 Å². The molecule has 22 heteroatoms. The third kappa shape index (κ3) is 19.6. The third-order valence-corrected chi connectivity index (χ3v) is 14.4. The van der Waals surface area contributed by atoms with Crippen molar-refractivity contribution in [3.05, 3.63) is 186 Å². The van der Waals surface area contributed by atoms with Gasteiger partial charge in [-0.2, -0.15) is 0 Å². The summed E-state index contributed by atoms with van der Waals surface area (Å²) in [5.74, 6) is -4.43. The van der Waals surface area contributed by atoms with Crippen molar-refractivity contribution in [1.29, 1.82) is 0 Å². The van der Waals surface area contributed by atoms with E-state index in [4.69, 9.17) is 18.9 Å². The Hall–Kier alpha value is -8.44. The van der Waals surface area contributed by atoms with E-state index in [0.29, 0.717) is 65.8 Å². The molecule has 4 aromatic rings. The number of carbonyl (C=O) groups is 4.